The van der Waals surface area contributed by atoms with Crippen LogP contribution in [0.15, 0.2) is 47.5 Å². The Hall–Kier alpha value is -1.85. The van der Waals surface area contributed by atoms with E-state index in [9.17, 15) is 8.42 Å². The zero-order chi connectivity index (χ0) is 15.2. The third-order valence-corrected chi connectivity index (χ3v) is 5.47. The van der Waals surface area contributed by atoms with Gasteiger partial charge >= 0.3 is 0 Å². The van der Waals surface area contributed by atoms with Gasteiger partial charge in [0.2, 0.25) is 0 Å². The molecule has 3 aromatic rings. The van der Waals surface area contributed by atoms with Gasteiger partial charge in [-0.15, -0.1) is 0 Å². The molecule has 0 aliphatic heterocycles. The Morgan fingerprint density at radius 1 is 1.14 bits per heavy atom. The largest absolute Gasteiger partial charge is 0.269 e. The first-order valence-electron chi connectivity index (χ1n) is 6.36. The second-order valence-corrected chi connectivity index (χ2v) is 7.06. The van der Waals surface area contributed by atoms with Gasteiger partial charge in [0.25, 0.3) is 10.0 Å². The first-order chi connectivity index (χ1) is 9.91. The number of fused-ring (bicyclic) bond motifs is 1. The van der Waals surface area contributed by atoms with Gasteiger partial charge in [-0.25, -0.2) is 17.4 Å². The van der Waals surface area contributed by atoms with Crippen molar-refractivity contribution >= 4 is 32.7 Å². The van der Waals surface area contributed by atoms with Crippen LogP contribution in [0.2, 0.25) is 5.02 Å². The number of aryl methyl sites for hydroxylation is 2. The van der Waals surface area contributed by atoms with Crippen LogP contribution >= 0.6 is 11.6 Å². The highest BCUT2D eigenvalue weighted by molar-refractivity contribution is 7.90. The summed E-state index contributed by atoms with van der Waals surface area (Å²) in [6.07, 6.45) is 1.49. The highest BCUT2D eigenvalue weighted by Gasteiger charge is 2.22. The Labute approximate surface area is 128 Å². The average molecular weight is 321 g/mol. The summed E-state index contributed by atoms with van der Waals surface area (Å²) in [5, 5.41) is 1.12. The summed E-state index contributed by atoms with van der Waals surface area (Å²) in [5.74, 6) is 0. The van der Waals surface area contributed by atoms with E-state index in [1.165, 1.54) is 10.2 Å². The van der Waals surface area contributed by atoms with E-state index < -0.39 is 10.0 Å². The minimum absolute atomic E-state index is 0.266. The lowest BCUT2D eigenvalue weighted by atomic mass is 10.2. The molecule has 0 atom stereocenters. The Bertz CT molecular complexity index is 945. The lowest BCUT2D eigenvalue weighted by molar-refractivity contribution is 0.588. The van der Waals surface area contributed by atoms with Crippen molar-refractivity contribution in [2.75, 3.05) is 0 Å². The summed E-state index contributed by atoms with van der Waals surface area (Å²) in [6, 6.07) is 10.3. The minimum Gasteiger partial charge on any atom is -0.234 e. The maximum atomic E-state index is 12.8. The van der Waals surface area contributed by atoms with Crippen LogP contribution in [0.3, 0.4) is 0 Å². The van der Waals surface area contributed by atoms with Crippen LogP contribution < -0.4 is 0 Å². The molecule has 6 heteroatoms. The van der Waals surface area contributed by atoms with Crippen molar-refractivity contribution in [1.82, 2.24) is 8.96 Å². The van der Waals surface area contributed by atoms with E-state index in [0.717, 1.165) is 0 Å². The van der Waals surface area contributed by atoms with Crippen LogP contribution in [0.1, 0.15) is 11.3 Å². The second-order valence-electron chi connectivity index (χ2n) is 4.86. The molecule has 108 valence electrons. The molecule has 0 saturated heterocycles. The molecule has 0 aliphatic rings. The van der Waals surface area contributed by atoms with Crippen LogP contribution in [0, 0.1) is 13.8 Å². The van der Waals surface area contributed by atoms with Crippen molar-refractivity contribution in [1.29, 1.82) is 0 Å². The Balaban J connectivity index is 2.33. The monoisotopic (exact) mass is 320 g/mol. The van der Waals surface area contributed by atoms with Gasteiger partial charge < -0.3 is 0 Å². The molecule has 0 saturated carbocycles. The SMILES string of the molecule is Cc1cc(Cl)c2ccn(S(=O)(=O)c3ccccc3C)c2n1. The first-order valence-corrected chi connectivity index (χ1v) is 8.18. The van der Waals surface area contributed by atoms with Crippen LogP contribution in [-0.2, 0) is 10.0 Å². The molecular formula is C15H13ClN2O2S. The molecule has 0 radical (unpaired) electrons. The third-order valence-electron chi connectivity index (χ3n) is 3.33. The number of aromatic nitrogens is 2. The molecule has 0 spiro atoms. The molecule has 0 aliphatic carbocycles. The molecule has 1 aromatic carbocycles. The number of nitrogens with zero attached hydrogens (tertiary/aromatic N) is 2. The van der Waals surface area contributed by atoms with Crippen molar-refractivity contribution in [3.05, 3.63) is 58.9 Å². The molecule has 3 rings (SSSR count). The molecule has 4 nitrogen and oxygen atoms in total. The van der Waals surface area contributed by atoms with E-state index in [4.69, 9.17) is 11.6 Å². The van der Waals surface area contributed by atoms with E-state index in [2.05, 4.69) is 4.98 Å². The summed E-state index contributed by atoms with van der Waals surface area (Å²) in [5.41, 5.74) is 1.72. The van der Waals surface area contributed by atoms with E-state index >= 15 is 0 Å². The molecule has 21 heavy (non-hydrogen) atoms. The van der Waals surface area contributed by atoms with Gasteiger partial charge in [-0.1, -0.05) is 29.8 Å². The van der Waals surface area contributed by atoms with Crippen LogP contribution in [0.5, 0.6) is 0 Å². The van der Waals surface area contributed by atoms with E-state index in [-0.39, 0.29) is 4.90 Å². The molecule has 0 amide bonds. The quantitative estimate of drug-likeness (QED) is 0.725. The molecular weight excluding hydrogens is 308 g/mol. The predicted octanol–water partition coefficient (Wildman–Crippen LogP) is 3.54. The van der Waals surface area contributed by atoms with Crippen LogP contribution in [0.25, 0.3) is 11.0 Å². The van der Waals surface area contributed by atoms with E-state index in [1.54, 1.807) is 50.2 Å². The lowest BCUT2D eigenvalue weighted by Gasteiger charge is -2.10. The van der Waals surface area contributed by atoms with Crippen molar-refractivity contribution in [3.63, 3.8) is 0 Å². The smallest absolute Gasteiger partial charge is 0.234 e. The highest BCUT2D eigenvalue weighted by atomic mass is 35.5. The number of rotatable bonds is 2. The maximum absolute atomic E-state index is 12.8. The molecule has 2 aromatic heterocycles. The number of benzene rings is 1. The van der Waals surface area contributed by atoms with Crippen LogP contribution in [0.4, 0.5) is 0 Å². The van der Waals surface area contributed by atoms with Crippen molar-refractivity contribution in [2.24, 2.45) is 0 Å². The Morgan fingerprint density at radius 2 is 1.86 bits per heavy atom. The topological polar surface area (TPSA) is 52.0 Å². The normalized spacial score (nSPS) is 12.0. The maximum Gasteiger partial charge on any atom is 0.269 e. The van der Waals surface area contributed by atoms with Gasteiger partial charge in [-0.3, -0.25) is 0 Å². The van der Waals surface area contributed by atoms with E-state index in [0.29, 0.717) is 27.3 Å². The fourth-order valence-corrected chi connectivity index (χ4v) is 4.14. The zero-order valence-corrected chi connectivity index (χ0v) is 13.1. The Kier molecular flexibility index (Phi) is 3.26. The van der Waals surface area contributed by atoms with Gasteiger partial charge in [0.15, 0.2) is 5.65 Å². The van der Waals surface area contributed by atoms with Gasteiger partial charge in [-0.05, 0) is 37.6 Å². The molecule has 0 fully saturated rings. The summed E-state index contributed by atoms with van der Waals surface area (Å²) in [6.45, 7) is 3.55. The van der Waals surface area contributed by atoms with Crippen LogP contribution in [-0.4, -0.2) is 17.4 Å². The number of hydrogen-bond acceptors (Lipinski definition) is 3. The van der Waals surface area contributed by atoms with Crippen molar-refractivity contribution < 1.29 is 8.42 Å². The van der Waals surface area contributed by atoms with Gasteiger partial charge in [0, 0.05) is 17.3 Å². The van der Waals surface area contributed by atoms with Crippen molar-refractivity contribution in [2.45, 2.75) is 18.7 Å². The molecule has 0 unspecified atom stereocenters. The van der Waals surface area contributed by atoms with Gasteiger partial charge in [0.1, 0.15) is 0 Å². The fraction of sp³-hybridized carbons (Fsp3) is 0.133. The number of hydrogen-bond donors (Lipinski definition) is 0. The number of pyridine rings is 1. The van der Waals surface area contributed by atoms with Crippen molar-refractivity contribution in [3.8, 4) is 0 Å². The third kappa shape index (κ3) is 2.22. The molecule has 2 heterocycles. The summed E-state index contributed by atoms with van der Waals surface area (Å²) in [7, 11) is -3.69. The zero-order valence-electron chi connectivity index (χ0n) is 11.5. The van der Waals surface area contributed by atoms with E-state index in [1.807, 2.05) is 0 Å². The summed E-state index contributed by atoms with van der Waals surface area (Å²) < 4.78 is 26.8. The van der Waals surface area contributed by atoms with Gasteiger partial charge in [0.05, 0.1) is 9.92 Å². The fourth-order valence-electron chi connectivity index (χ4n) is 2.31. The summed E-state index contributed by atoms with van der Waals surface area (Å²) >= 11 is 6.15. The first kappa shape index (κ1) is 14.1. The highest BCUT2D eigenvalue weighted by Crippen LogP contribution is 2.27. The lowest BCUT2D eigenvalue weighted by Crippen LogP contribution is -2.13. The predicted molar refractivity (Wildman–Crippen MR) is 83.2 cm³/mol. The summed E-state index contributed by atoms with van der Waals surface area (Å²) in [4.78, 5) is 4.58. The Morgan fingerprint density at radius 3 is 2.57 bits per heavy atom. The minimum atomic E-state index is -3.69. The molecule has 0 N–H and O–H groups in total. The standard InChI is InChI=1S/C15H13ClN2O2S/c1-10-5-3-4-6-14(10)21(19,20)18-8-7-12-13(16)9-11(2)17-15(12)18/h3-9H,1-2H3. The molecule has 0 bridgehead atoms. The second kappa shape index (κ2) is 4.86. The average Bonchev–Trinajstić information content (AvgIpc) is 2.83. The van der Waals surface area contributed by atoms with Gasteiger partial charge in [-0.2, -0.15) is 0 Å². The number of halogens is 1.